The number of rotatable bonds is 3. The van der Waals surface area contributed by atoms with Gasteiger partial charge >= 0.3 is 5.69 Å². The third kappa shape index (κ3) is 2.91. The summed E-state index contributed by atoms with van der Waals surface area (Å²) in [5.41, 5.74) is -0.554. The number of nitrogens with zero attached hydrogens (tertiary/aromatic N) is 1. The standard InChI is InChI=1S/C11H12FNO4/c12-9-7-8(4-5-10(9)13(14)15)17-11-3-1-2-6-16-11/h4-5,7,11H,1-3,6H2/t11-/m1/s1. The van der Waals surface area contributed by atoms with E-state index in [1.165, 1.54) is 6.07 Å². The van der Waals surface area contributed by atoms with Crippen LogP contribution in [0, 0.1) is 15.9 Å². The molecule has 1 aliphatic heterocycles. The van der Waals surface area contributed by atoms with E-state index in [1.54, 1.807) is 0 Å². The van der Waals surface area contributed by atoms with Crippen molar-refractivity contribution < 1.29 is 18.8 Å². The van der Waals surface area contributed by atoms with Crippen LogP contribution in [-0.4, -0.2) is 17.8 Å². The highest BCUT2D eigenvalue weighted by molar-refractivity contribution is 5.37. The Hall–Kier alpha value is -1.69. The Balaban J connectivity index is 2.06. The van der Waals surface area contributed by atoms with Crippen LogP contribution in [0.4, 0.5) is 10.1 Å². The van der Waals surface area contributed by atoms with Gasteiger partial charge in [-0.05, 0) is 18.9 Å². The minimum absolute atomic E-state index is 0.250. The van der Waals surface area contributed by atoms with Crippen LogP contribution in [-0.2, 0) is 4.74 Å². The molecule has 0 aliphatic carbocycles. The van der Waals surface area contributed by atoms with Crippen LogP contribution in [0.2, 0.25) is 0 Å². The fraction of sp³-hybridized carbons (Fsp3) is 0.455. The number of hydrogen-bond acceptors (Lipinski definition) is 4. The average molecular weight is 241 g/mol. The monoisotopic (exact) mass is 241 g/mol. The van der Waals surface area contributed by atoms with Crippen LogP contribution in [0.1, 0.15) is 19.3 Å². The lowest BCUT2D eigenvalue weighted by molar-refractivity contribution is -0.387. The van der Waals surface area contributed by atoms with Crippen LogP contribution in [0.3, 0.4) is 0 Å². The zero-order valence-electron chi connectivity index (χ0n) is 9.10. The maximum absolute atomic E-state index is 13.3. The van der Waals surface area contributed by atoms with Crippen molar-refractivity contribution >= 4 is 5.69 Å². The lowest BCUT2D eigenvalue weighted by Gasteiger charge is -2.23. The predicted molar refractivity (Wildman–Crippen MR) is 57.3 cm³/mol. The quantitative estimate of drug-likeness (QED) is 0.602. The highest BCUT2D eigenvalue weighted by atomic mass is 19.1. The molecule has 0 N–H and O–H groups in total. The molecule has 0 unspecified atom stereocenters. The average Bonchev–Trinajstić information content (AvgIpc) is 2.30. The van der Waals surface area contributed by atoms with E-state index < -0.39 is 16.4 Å². The minimum atomic E-state index is -0.900. The zero-order valence-corrected chi connectivity index (χ0v) is 9.10. The maximum atomic E-state index is 13.3. The summed E-state index contributed by atoms with van der Waals surface area (Å²) >= 11 is 0. The summed E-state index contributed by atoms with van der Waals surface area (Å²) in [4.78, 5) is 9.66. The molecule has 0 amide bonds. The molecule has 0 bridgehead atoms. The number of nitro groups is 1. The number of halogens is 1. The Bertz CT molecular complexity index is 418. The molecule has 2 rings (SSSR count). The summed E-state index contributed by atoms with van der Waals surface area (Å²) in [7, 11) is 0. The first-order chi connectivity index (χ1) is 8.16. The van der Waals surface area contributed by atoms with Gasteiger partial charge in [-0.2, -0.15) is 4.39 Å². The molecule has 0 aromatic heterocycles. The molecule has 1 saturated heterocycles. The fourth-order valence-corrected chi connectivity index (χ4v) is 1.66. The number of nitro benzene ring substituents is 1. The third-order valence-electron chi connectivity index (χ3n) is 2.52. The lowest BCUT2D eigenvalue weighted by atomic mass is 10.2. The molecule has 6 heteroatoms. The van der Waals surface area contributed by atoms with Crippen molar-refractivity contribution in [2.75, 3.05) is 6.61 Å². The number of hydrogen-bond donors (Lipinski definition) is 0. The predicted octanol–water partition coefficient (Wildman–Crippen LogP) is 2.64. The van der Waals surface area contributed by atoms with Gasteiger partial charge < -0.3 is 9.47 Å². The van der Waals surface area contributed by atoms with Gasteiger partial charge in [0.05, 0.1) is 11.5 Å². The molecule has 1 atom stereocenters. The molecule has 17 heavy (non-hydrogen) atoms. The summed E-state index contributed by atoms with van der Waals surface area (Å²) in [5, 5.41) is 10.4. The molecular weight excluding hydrogens is 229 g/mol. The van der Waals surface area contributed by atoms with Crippen molar-refractivity contribution in [1.82, 2.24) is 0 Å². The first kappa shape index (κ1) is 11.8. The largest absolute Gasteiger partial charge is 0.465 e. The summed E-state index contributed by atoms with van der Waals surface area (Å²) in [6.45, 7) is 0.625. The van der Waals surface area contributed by atoms with Crippen LogP contribution < -0.4 is 4.74 Å². The second kappa shape index (κ2) is 5.09. The van der Waals surface area contributed by atoms with Crippen LogP contribution >= 0.6 is 0 Å². The molecule has 1 heterocycles. The molecule has 92 valence electrons. The highest BCUT2D eigenvalue weighted by Crippen LogP contribution is 2.24. The number of ether oxygens (including phenoxy) is 2. The molecule has 5 nitrogen and oxygen atoms in total. The maximum Gasteiger partial charge on any atom is 0.305 e. The summed E-state index contributed by atoms with van der Waals surface area (Å²) in [6, 6.07) is 3.47. The molecule has 1 aromatic rings. The summed E-state index contributed by atoms with van der Waals surface area (Å²) in [6.07, 6.45) is 2.36. The normalized spacial score (nSPS) is 19.9. The smallest absolute Gasteiger partial charge is 0.305 e. The highest BCUT2D eigenvalue weighted by Gasteiger charge is 2.18. The van der Waals surface area contributed by atoms with E-state index in [2.05, 4.69) is 0 Å². The first-order valence-electron chi connectivity index (χ1n) is 5.39. The topological polar surface area (TPSA) is 61.6 Å². The minimum Gasteiger partial charge on any atom is -0.465 e. The van der Waals surface area contributed by atoms with E-state index in [0.29, 0.717) is 6.61 Å². The van der Waals surface area contributed by atoms with E-state index in [0.717, 1.165) is 31.4 Å². The molecule has 1 aromatic carbocycles. The molecule has 1 aliphatic rings. The van der Waals surface area contributed by atoms with Gasteiger partial charge in [-0.15, -0.1) is 0 Å². The van der Waals surface area contributed by atoms with Gasteiger partial charge in [0.2, 0.25) is 5.82 Å². The van der Waals surface area contributed by atoms with Crippen molar-refractivity contribution in [3.8, 4) is 5.75 Å². The SMILES string of the molecule is O=[N+]([O-])c1ccc(O[C@@H]2CCCCO2)cc1F. The first-order valence-corrected chi connectivity index (χ1v) is 5.39. The van der Waals surface area contributed by atoms with Crippen LogP contribution in [0.25, 0.3) is 0 Å². The van der Waals surface area contributed by atoms with Gasteiger partial charge in [0.25, 0.3) is 0 Å². The Morgan fingerprint density at radius 2 is 2.29 bits per heavy atom. The van der Waals surface area contributed by atoms with Gasteiger partial charge in [0.15, 0.2) is 6.29 Å². The molecule has 1 fully saturated rings. The third-order valence-corrected chi connectivity index (χ3v) is 2.52. The molecule has 0 saturated carbocycles. The second-order valence-electron chi connectivity index (χ2n) is 3.78. The number of benzene rings is 1. The molecule has 0 spiro atoms. The van der Waals surface area contributed by atoms with Gasteiger partial charge in [-0.1, -0.05) is 0 Å². The zero-order chi connectivity index (χ0) is 12.3. The van der Waals surface area contributed by atoms with E-state index >= 15 is 0 Å². The fourth-order valence-electron chi connectivity index (χ4n) is 1.66. The molecular formula is C11H12FNO4. The van der Waals surface area contributed by atoms with E-state index in [1.807, 2.05) is 0 Å². The van der Waals surface area contributed by atoms with Crippen LogP contribution in [0.5, 0.6) is 5.75 Å². The van der Waals surface area contributed by atoms with Crippen molar-refractivity contribution in [2.45, 2.75) is 25.6 Å². The second-order valence-corrected chi connectivity index (χ2v) is 3.78. The van der Waals surface area contributed by atoms with E-state index in [-0.39, 0.29) is 12.0 Å². The Morgan fingerprint density at radius 3 is 2.88 bits per heavy atom. The summed E-state index contributed by atoms with van der Waals surface area (Å²) in [5.74, 6) is -0.650. The van der Waals surface area contributed by atoms with Gasteiger partial charge in [0.1, 0.15) is 5.75 Å². The van der Waals surface area contributed by atoms with Crippen LogP contribution in [0.15, 0.2) is 18.2 Å². The van der Waals surface area contributed by atoms with Gasteiger partial charge in [-0.25, -0.2) is 0 Å². The Kier molecular flexibility index (Phi) is 3.53. The van der Waals surface area contributed by atoms with E-state index in [4.69, 9.17) is 9.47 Å². The van der Waals surface area contributed by atoms with Crippen molar-refractivity contribution in [3.05, 3.63) is 34.1 Å². The van der Waals surface area contributed by atoms with Gasteiger partial charge in [0, 0.05) is 18.6 Å². The van der Waals surface area contributed by atoms with Crippen molar-refractivity contribution in [2.24, 2.45) is 0 Å². The molecule has 0 radical (unpaired) electrons. The van der Waals surface area contributed by atoms with Gasteiger partial charge in [-0.3, -0.25) is 10.1 Å². The Labute approximate surface area is 97.3 Å². The summed E-state index contributed by atoms with van der Waals surface area (Å²) < 4.78 is 24.0. The Morgan fingerprint density at radius 1 is 1.47 bits per heavy atom. The van der Waals surface area contributed by atoms with Crippen molar-refractivity contribution in [1.29, 1.82) is 0 Å². The van der Waals surface area contributed by atoms with Crippen molar-refractivity contribution in [3.63, 3.8) is 0 Å². The van der Waals surface area contributed by atoms with E-state index in [9.17, 15) is 14.5 Å². The lowest BCUT2D eigenvalue weighted by Crippen LogP contribution is -2.25.